The Balaban J connectivity index is 1.99. The highest BCUT2D eigenvalue weighted by molar-refractivity contribution is 6.33. The number of hydrogen-bond donors (Lipinski definition) is 0. The molecule has 1 unspecified atom stereocenters. The Morgan fingerprint density at radius 1 is 1.21 bits per heavy atom. The van der Waals surface area contributed by atoms with Crippen LogP contribution in [0.25, 0.3) is 0 Å². The van der Waals surface area contributed by atoms with Crippen molar-refractivity contribution in [2.45, 2.75) is 38.6 Å². The Kier molecular flexibility index (Phi) is 4.63. The minimum atomic E-state index is 0.131. The number of anilines is 1. The molecule has 1 heterocycles. The number of nitrogens with zero attached hydrogens (tertiary/aromatic N) is 2. The molecule has 0 saturated carbocycles. The Labute approximate surface area is 154 Å². The maximum absolute atomic E-state index is 6.52. The van der Waals surface area contributed by atoms with Gasteiger partial charge in [0.05, 0.1) is 10.7 Å². The van der Waals surface area contributed by atoms with E-state index in [2.05, 4.69) is 49.8 Å². The van der Waals surface area contributed by atoms with E-state index in [0.717, 1.165) is 22.7 Å². The molecule has 2 aromatic rings. The monoisotopic (exact) mass is 360 g/mol. The largest absolute Gasteiger partial charge is 0.369 e. The number of aliphatic imine (C=N–C) groups is 1. The average molecular weight is 361 g/mol. The van der Waals surface area contributed by atoms with Crippen LogP contribution in [0.5, 0.6) is 0 Å². The summed E-state index contributed by atoms with van der Waals surface area (Å²) in [5.41, 5.74) is 4.43. The molecule has 0 spiro atoms. The lowest BCUT2D eigenvalue weighted by molar-refractivity contribution is 0.395. The van der Waals surface area contributed by atoms with E-state index in [1.54, 1.807) is 0 Å². The summed E-state index contributed by atoms with van der Waals surface area (Å²) < 4.78 is 0. The number of rotatable bonds is 2. The van der Waals surface area contributed by atoms with Crippen LogP contribution in [-0.2, 0) is 0 Å². The van der Waals surface area contributed by atoms with E-state index >= 15 is 0 Å². The van der Waals surface area contributed by atoms with Crippen molar-refractivity contribution in [2.24, 2.45) is 4.99 Å². The van der Waals surface area contributed by atoms with Gasteiger partial charge in [0.1, 0.15) is 0 Å². The van der Waals surface area contributed by atoms with Crippen LogP contribution >= 0.6 is 23.2 Å². The first-order valence-electron chi connectivity index (χ1n) is 8.15. The van der Waals surface area contributed by atoms with Crippen LogP contribution < -0.4 is 4.90 Å². The highest BCUT2D eigenvalue weighted by Crippen LogP contribution is 2.44. The minimum Gasteiger partial charge on any atom is -0.369 e. The molecule has 3 rings (SSSR count). The molecule has 2 aromatic carbocycles. The van der Waals surface area contributed by atoms with Gasteiger partial charge in [0, 0.05) is 35.1 Å². The molecule has 1 aliphatic heterocycles. The summed E-state index contributed by atoms with van der Waals surface area (Å²) in [5, 5.41) is 1.40. The molecule has 1 aliphatic rings. The second kappa shape index (κ2) is 6.42. The number of hydrogen-bond acceptors (Lipinski definition) is 2. The molecule has 4 heteroatoms. The van der Waals surface area contributed by atoms with E-state index in [1.165, 1.54) is 11.3 Å². The van der Waals surface area contributed by atoms with Gasteiger partial charge in [0.25, 0.3) is 0 Å². The van der Waals surface area contributed by atoms with Gasteiger partial charge in [-0.05, 0) is 62.1 Å². The minimum absolute atomic E-state index is 0.131. The third-order valence-electron chi connectivity index (χ3n) is 4.91. The van der Waals surface area contributed by atoms with Crippen molar-refractivity contribution < 1.29 is 0 Å². The lowest BCUT2D eigenvalue weighted by atomic mass is 9.80. The van der Waals surface area contributed by atoms with E-state index in [0.29, 0.717) is 10.9 Å². The summed E-state index contributed by atoms with van der Waals surface area (Å²) in [4.78, 5) is 6.84. The van der Waals surface area contributed by atoms with Crippen molar-refractivity contribution in [3.05, 3.63) is 57.6 Å². The first kappa shape index (κ1) is 17.3. The van der Waals surface area contributed by atoms with Crippen molar-refractivity contribution in [1.82, 2.24) is 0 Å². The zero-order chi connectivity index (χ0) is 17.5. The average Bonchev–Trinajstić information content (AvgIpc) is 2.51. The molecule has 0 aliphatic carbocycles. The summed E-state index contributed by atoms with van der Waals surface area (Å²) in [6, 6.07) is 11.7. The first-order chi connectivity index (χ1) is 11.3. The van der Waals surface area contributed by atoms with Crippen LogP contribution in [0.3, 0.4) is 0 Å². The molecule has 0 radical (unpaired) electrons. The maximum Gasteiger partial charge on any atom is 0.0644 e. The van der Waals surface area contributed by atoms with Crippen LogP contribution in [0.2, 0.25) is 10.0 Å². The number of halogens is 2. The lowest BCUT2D eigenvalue weighted by Crippen LogP contribution is -2.45. The van der Waals surface area contributed by atoms with Gasteiger partial charge in [-0.15, -0.1) is 0 Å². The van der Waals surface area contributed by atoms with Gasteiger partial charge in [-0.2, -0.15) is 0 Å². The summed E-state index contributed by atoms with van der Waals surface area (Å²) >= 11 is 12.5. The molecule has 0 bridgehead atoms. The van der Waals surface area contributed by atoms with Crippen molar-refractivity contribution in [1.29, 1.82) is 0 Å². The SMILES string of the molecule is CC1CC(C)(C)N(C)c2cc(Cl)c(C=Nc3cccc(Cl)c3)cc21. The molecular weight excluding hydrogens is 339 g/mol. The molecule has 2 nitrogen and oxygen atoms in total. The normalized spacial score (nSPS) is 19.6. The van der Waals surface area contributed by atoms with Gasteiger partial charge in [-0.1, -0.05) is 36.2 Å². The van der Waals surface area contributed by atoms with Crippen molar-refractivity contribution >= 4 is 40.8 Å². The van der Waals surface area contributed by atoms with Crippen LogP contribution in [-0.4, -0.2) is 18.8 Å². The smallest absolute Gasteiger partial charge is 0.0644 e. The van der Waals surface area contributed by atoms with Crippen molar-refractivity contribution in [2.75, 3.05) is 11.9 Å². The predicted molar refractivity (Wildman–Crippen MR) is 106 cm³/mol. The van der Waals surface area contributed by atoms with E-state index < -0.39 is 0 Å². The number of benzene rings is 2. The third-order valence-corrected chi connectivity index (χ3v) is 5.48. The Hall–Kier alpha value is -1.51. The summed E-state index contributed by atoms with van der Waals surface area (Å²) in [6.45, 7) is 6.82. The molecule has 0 N–H and O–H groups in total. The highest BCUT2D eigenvalue weighted by Gasteiger charge is 2.34. The van der Waals surface area contributed by atoms with E-state index in [-0.39, 0.29) is 5.54 Å². The van der Waals surface area contributed by atoms with Crippen molar-refractivity contribution in [3.8, 4) is 0 Å². The molecular formula is C20H22Cl2N2. The van der Waals surface area contributed by atoms with E-state index in [1.807, 2.05) is 30.5 Å². The lowest BCUT2D eigenvalue weighted by Gasteiger charge is -2.45. The van der Waals surface area contributed by atoms with Crippen LogP contribution in [0, 0.1) is 0 Å². The zero-order valence-electron chi connectivity index (χ0n) is 14.5. The van der Waals surface area contributed by atoms with E-state index in [4.69, 9.17) is 23.2 Å². The number of fused-ring (bicyclic) bond motifs is 1. The van der Waals surface area contributed by atoms with Gasteiger partial charge in [-0.25, -0.2) is 0 Å². The maximum atomic E-state index is 6.52. The molecule has 1 atom stereocenters. The molecule has 0 saturated heterocycles. The van der Waals surface area contributed by atoms with Gasteiger partial charge in [0.2, 0.25) is 0 Å². The Bertz CT molecular complexity index is 796. The van der Waals surface area contributed by atoms with Crippen LogP contribution in [0.4, 0.5) is 11.4 Å². The topological polar surface area (TPSA) is 15.6 Å². The Morgan fingerprint density at radius 2 is 1.96 bits per heavy atom. The zero-order valence-corrected chi connectivity index (χ0v) is 16.0. The van der Waals surface area contributed by atoms with Crippen molar-refractivity contribution in [3.63, 3.8) is 0 Å². The fraction of sp³-hybridized carbons (Fsp3) is 0.350. The quantitative estimate of drug-likeness (QED) is 0.560. The van der Waals surface area contributed by atoms with E-state index in [9.17, 15) is 0 Å². The second-order valence-electron chi connectivity index (χ2n) is 7.15. The molecule has 0 fully saturated rings. The van der Waals surface area contributed by atoms with Gasteiger partial charge < -0.3 is 4.90 Å². The molecule has 126 valence electrons. The van der Waals surface area contributed by atoms with Gasteiger partial charge >= 0.3 is 0 Å². The molecule has 24 heavy (non-hydrogen) atoms. The third kappa shape index (κ3) is 3.31. The molecule has 0 aromatic heterocycles. The summed E-state index contributed by atoms with van der Waals surface area (Å²) in [6.07, 6.45) is 2.93. The van der Waals surface area contributed by atoms with Gasteiger partial charge in [0.15, 0.2) is 0 Å². The second-order valence-corrected chi connectivity index (χ2v) is 7.99. The van der Waals surface area contributed by atoms with Gasteiger partial charge in [-0.3, -0.25) is 4.99 Å². The molecule has 0 amide bonds. The summed E-state index contributed by atoms with van der Waals surface area (Å²) in [7, 11) is 2.14. The predicted octanol–water partition coefficient (Wildman–Crippen LogP) is 6.47. The highest BCUT2D eigenvalue weighted by atomic mass is 35.5. The Morgan fingerprint density at radius 3 is 2.67 bits per heavy atom. The standard InChI is InChI=1S/C20H22Cl2N2/c1-13-11-20(2,3)24(4)19-10-18(22)14(8-17(13)19)12-23-16-7-5-6-15(21)9-16/h5-10,12-13H,11H2,1-4H3. The fourth-order valence-corrected chi connectivity index (χ4v) is 3.80. The summed E-state index contributed by atoms with van der Waals surface area (Å²) in [5.74, 6) is 0.488. The van der Waals surface area contributed by atoms with Crippen LogP contribution in [0.1, 0.15) is 44.2 Å². The van der Waals surface area contributed by atoms with Crippen LogP contribution in [0.15, 0.2) is 41.4 Å². The first-order valence-corrected chi connectivity index (χ1v) is 8.90. The fourth-order valence-electron chi connectivity index (χ4n) is 3.40.